The van der Waals surface area contributed by atoms with Crippen molar-refractivity contribution in [2.24, 2.45) is 0 Å². The van der Waals surface area contributed by atoms with Crippen molar-refractivity contribution in [2.75, 3.05) is 20.3 Å². The Hall–Kier alpha value is -3.02. The van der Waals surface area contributed by atoms with Gasteiger partial charge in [0, 0.05) is 6.54 Å². The Morgan fingerprint density at radius 3 is 2.55 bits per heavy atom. The van der Waals surface area contributed by atoms with Gasteiger partial charge >= 0.3 is 6.03 Å². The van der Waals surface area contributed by atoms with Crippen LogP contribution in [0.15, 0.2) is 42.5 Å². The van der Waals surface area contributed by atoms with E-state index >= 15 is 0 Å². The molecule has 1 N–H and O–H groups in total. The lowest BCUT2D eigenvalue weighted by Gasteiger charge is -2.26. The summed E-state index contributed by atoms with van der Waals surface area (Å²) in [5.74, 6) is 1.32. The van der Waals surface area contributed by atoms with Crippen molar-refractivity contribution in [3.05, 3.63) is 59.2 Å². The molecule has 0 aromatic heterocycles. The normalized spacial score (nSPS) is 18.7. The Labute approximate surface area is 171 Å². The van der Waals surface area contributed by atoms with Gasteiger partial charge in [-0.05, 0) is 67.6 Å². The summed E-state index contributed by atoms with van der Waals surface area (Å²) in [6.07, 6.45) is 1.04. The van der Waals surface area contributed by atoms with E-state index in [0.717, 1.165) is 28.2 Å². The molecule has 29 heavy (non-hydrogen) atoms. The van der Waals surface area contributed by atoms with Gasteiger partial charge in [-0.2, -0.15) is 0 Å². The lowest BCUT2D eigenvalue weighted by Crippen LogP contribution is -2.43. The predicted octanol–water partition coefficient (Wildman–Crippen LogP) is 3.94. The minimum absolute atomic E-state index is 0.217. The van der Waals surface area contributed by atoms with E-state index in [0.29, 0.717) is 26.0 Å². The fraction of sp³-hybridized carbons (Fsp3) is 0.391. The molecule has 3 amide bonds. The molecular formula is C23H28N2O4. The van der Waals surface area contributed by atoms with E-state index in [1.165, 1.54) is 4.90 Å². The molecule has 154 valence electrons. The highest BCUT2D eigenvalue weighted by Gasteiger charge is 2.51. The fourth-order valence-electron chi connectivity index (χ4n) is 3.73. The summed E-state index contributed by atoms with van der Waals surface area (Å²) in [7, 11) is 1.61. The van der Waals surface area contributed by atoms with Crippen LogP contribution in [-0.2, 0) is 10.3 Å². The van der Waals surface area contributed by atoms with Gasteiger partial charge in [0.15, 0.2) is 0 Å². The quantitative estimate of drug-likeness (QED) is 0.542. The molecule has 6 nitrogen and oxygen atoms in total. The summed E-state index contributed by atoms with van der Waals surface area (Å²) in [4.78, 5) is 27.1. The standard InChI is InChI=1S/C23H28N2O4/c1-5-23(18-10-11-20(28-4)17(3)15-18)21(26)25(22(27)24-23)12-7-13-29-19-9-6-8-16(2)14-19/h6,8-11,14-15H,5,7,12-13H2,1-4H3,(H,24,27). The summed E-state index contributed by atoms with van der Waals surface area (Å²) < 4.78 is 11.0. The van der Waals surface area contributed by atoms with E-state index < -0.39 is 5.54 Å². The van der Waals surface area contributed by atoms with Gasteiger partial charge in [0.2, 0.25) is 0 Å². The van der Waals surface area contributed by atoms with E-state index in [9.17, 15) is 9.59 Å². The first kappa shape index (κ1) is 20.7. The number of ether oxygens (including phenoxy) is 2. The molecule has 0 saturated carbocycles. The maximum atomic E-state index is 13.2. The van der Waals surface area contributed by atoms with Crippen molar-refractivity contribution in [2.45, 2.75) is 39.2 Å². The number of aryl methyl sites for hydroxylation is 2. The van der Waals surface area contributed by atoms with E-state index in [1.807, 2.05) is 63.2 Å². The first-order chi connectivity index (χ1) is 13.9. The average molecular weight is 396 g/mol. The van der Waals surface area contributed by atoms with Crippen LogP contribution in [0.3, 0.4) is 0 Å². The maximum Gasteiger partial charge on any atom is 0.325 e. The number of amides is 3. The number of urea groups is 1. The van der Waals surface area contributed by atoms with Crippen LogP contribution >= 0.6 is 0 Å². The molecule has 2 aromatic rings. The number of nitrogens with zero attached hydrogens (tertiary/aromatic N) is 1. The smallest absolute Gasteiger partial charge is 0.325 e. The minimum Gasteiger partial charge on any atom is -0.496 e. The van der Waals surface area contributed by atoms with Gasteiger partial charge in [-0.1, -0.05) is 25.1 Å². The van der Waals surface area contributed by atoms with Crippen molar-refractivity contribution in [3.63, 3.8) is 0 Å². The molecule has 0 spiro atoms. The van der Waals surface area contributed by atoms with Crippen LogP contribution in [0, 0.1) is 13.8 Å². The number of rotatable bonds is 8. The Balaban J connectivity index is 1.68. The largest absolute Gasteiger partial charge is 0.496 e. The molecule has 1 fully saturated rings. The number of carbonyl (C=O) groups excluding carboxylic acids is 2. The molecule has 1 aliphatic heterocycles. The molecule has 6 heteroatoms. The van der Waals surface area contributed by atoms with Crippen LogP contribution in [-0.4, -0.2) is 37.1 Å². The fourth-order valence-corrected chi connectivity index (χ4v) is 3.73. The van der Waals surface area contributed by atoms with Gasteiger partial charge in [-0.15, -0.1) is 0 Å². The first-order valence-electron chi connectivity index (χ1n) is 9.90. The lowest BCUT2D eigenvalue weighted by atomic mass is 9.86. The number of hydrogen-bond donors (Lipinski definition) is 1. The number of benzene rings is 2. The molecule has 0 bridgehead atoms. The SMILES string of the molecule is CCC1(c2ccc(OC)c(C)c2)NC(=O)N(CCCOc2cccc(C)c2)C1=O. The van der Waals surface area contributed by atoms with Crippen LogP contribution in [0.25, 0.3) is 0 Å². The van der Waals surface area contributed by atoms with Gasteiger partial charge in [0.1, 0.15) is 17.0 Å². The molecule has 1 atom stereocenters. The second-order valence-corrected chi connectivity index (χ2v) is 7.35. The molecule has 1 aliphatic rings. The minimum atomic E-state index is -1.04. The van der Waals surface area contributed by atoms with Crippen molar-refractivity contribution in [1.29, 1.82) is 0 Å². The predicted molar refractivity (Wildman–Crippen MR) is 111 cm³/mol. The number of methoxy groups -OCH3 is 1. The Kier molecular flexibility index (Phi) is 6.11. The van der Waals surface area contributed by atoms with Gasteiger partial charge in [-0.25, -0.2) is 4.79 Å². The second-order valence-electron chi connectivity index (χ2n) is 7.35. The summed E-state index contributed by atoms with van der Waals surface area (Å²) in [6, 6.07) is 13.0. The van der Waals surface area contributed by atoms with E-state index in [-0.39, 0.29) is 11.9 Å². The zero-order valence-corrected chi connectivity index (χ0v) is 17.5. The number of imide groups is 1. The Morgan fingerprint density at radius 1 is 1.10 bits per heavy atom. The monoisotopic (exact) mass is 396 g/mol. The zero-order chi connectivity index (χ0) is 21.0. The maximum absolute atomic E-state index is 13.2. The van der Waals surface area contributed by atoms with Crippen molar-refractivity contribution in [3.8, 4) is 11.5 Å². The van der Waals surface area contributed by atoms with Crippen molar-refractivity contribution >= 4 is 11.9 Å². The van der Waals surface area contributed by atoms with Crippen LogP contribution < -0.4 is 14.8 Å². The highest BCUT2D eigenvalue weighted by Crippen LogP contribution is 2.34. The molecule has 0 radical (unpaired) electrons. The third kappa shape index (κ3) is 4.06. The summed E-state index contributed by atoms with van der Waals surface area (Å²) >= 11 is 0. The average Bonchev–Trinajstić information content (AvgIpc) is 2.96. The van der Waals surface area contributed by atoms with E-state index in [4.69, 9.17) is 9.47 Å². The molecule has 0 aliphatic carbocycles. The molecule has 1 saturated heterocycles. The molecule has 2 aromatic carbocycles. The molecule has 1 heterocycles. The molecule has 1 unspecified atom stereocenters. The summed E-state index contributed by atoms with van der Waals surface area (Å²) in [5.41, 5.74) is 1.78. The number of carbonyl (C=O) groups is 2. The Morgan fingerprint density at radius 2 is 1.90 bits per heavy atom. The van der Waals surface area contributed by atoms with Gasteiger partial charge < -0.3 is 14.8 Å². The second kappa shape index (κ2) is 8.55. The first-order valence-corrected chi connectivity index (χ1v) is 9.90. The highest BCUT2D eigenvalue weighted by atomic mass is 16.5. The zero-order valence-electron chi connectivity index (χ0n) is 17.5. The van der Waals surface area contributed by atoms with Crippen LogP contribution in [0.5, 0.6) is 11.5 Å². The third-order valence-corrected chi connectivity index (χ3v) is 5.38. The summed E-state index contributed by atoms with van der Waals surface area (Å²) in [6.45, 7) is 6.58. The molecule has 3 rings (SSSR count). The van der Waals surface area contributed by atoms with Gasteiger partial charge in [0.05, 0.1) is 13.7 Å². The Bertz CT molecular complexity index is 912. The summed E-state index contributed by atoms with van der Waals surface area (Å²) in [5, 5.41) is 2.92. The van der Waals surface area contributed by atoms with Gasteiger partial charge in [0.25, 0.3) is 5.91 Å². The highest BCUT2D eigenvalue weighted by molar-refractivity contribution is 6.07. The topological polar surface area (TPSA) is 67.9 Å². The van der Waals surface area contributed by atoms with E-state index in [1.54, 1.807) is 7.11 Å². The lowest BCUT2D eigenvalue weighted by molar-refractivity contribution is -0.131. The van der Waals surface area contributed by atoms with Crippen molar-refractivity contribution in [1.82, 2.24) is 10.2 Å². The van der Waals surface area contributed by atoms with Crippen molar-refractivity contribution < 1.29 is 19.1 Å². The number of nitrogens with one attached hydrogen (secondary N) is 1. The van der Waals surface area contributed by atoms with Crippen LogP contribution in [0.1, 0.15) is 36.5 Å². The van der Waals surface area contributed by atoms with Crippen LogP contribution in [0.2, 0.25) is 0 Å². The number of hydrogen-bond acceptors (Lipinski definition) is 4. The van der Waals surface area contributed by atoms with Crippen LogP contribution in [0.4, 0.5) is 4.79 Å². The van der Waals surface area contributed by atoms with Gasteiger partial charge in [-0.3, -0.25) is 9.69 Å². The third-order valence-electron chi connectivity index (χ3n) is 5.38. The van der Waals surface area contributed by atoms with E-state index in [2.05, 4.69) is 5.32 Å². The molecular weight excluding hydrogens is 368 g/mol.